The summed E-state index contributed by atoms with van der Waals surface area (Å²) >= 11 is 0. The summed E-state index contributed by atoms with van der Waals surface area (Å²) in [6.07, 6.45) is 12.9. The van der Waals surface area contributed by atoms with Crippen LogP contribution in [0.25, 0.3) is 0 Å². The van der Waals surface area contributed by atoms with Gasteiger partial charge in [-0.2, -0.15) is 0 Å². The average molecular weight is 262 g/mol. The number of nitrogens with one attached hydrogen (secondary N) is 1. The highest BCUT2D eigenvalue weighted by Crippen LogP contribution is 2.47. The van der Waals surface area contributed by atoms with Gasteiger partial charge in [-0.25, -0.2) is 0 Å². The molecule has 0 radical (unpaired) electrons. The van der Waals surface area contributed by atoms with Gasteiger partial charge in [-0.05, 0) is 57.3 Å². The minimum absolute atomic E-state index is 0.0342. The predicted octanol–water partition coefficient (Wildman–Crippen LogP) is 2.82. The Morgan fingerprint density at radius 3 is 3.11 bits per heavy atom. The van der Waals surface area contributed by atoms with E-state index in [0.29, 0.717) is 11.8 Å². The van der Waals surface area contributed by atoms with E-state index >= 15 is 0 Å². The second-order valence-corrected chi connectivity index (χ2v) is 6.43. The number of hydrogen-bond donors (Lipinski definition) is 1. The Kier molecular flexibility index (Phi) is 3.66. The minimum atomic E-state index is 0.0342. The molecule has 106 valence electrons. The molecule has 3 rings (SSSR count). The Balaban J connectivity index is 1.68. The van der Waals surface area contributed by atoms with E-state index in [9.17, 15) is 4.79 Å². The first-order valence-corrected chi connectivity index (χ1v) is 7.97. The van der Waals surface area contributed by atoms with Crippen LogP contribution in [0.3, 0.4) is 0 Å². The number of nitrogens with zero attached hydrogens (tertiary/aromatic N) is 1. The van der Waals surface area contributed by atoms with Crippen LogP contribution < -0.4 is 5.32 Å². The highest BCUT2D eigenvalue weighted by molar-refractivity contribution is 5.85. The van der Waals surface area contributed by atoms with Crippen molar-refractivity contribution >= 4 is 5.91 Å². The Labute approximate surface area is 116 Å². The lowest BCUT2D eigenvalue weighted by atomic mass is 9.90. The van der Waals surface area contributed by atoms with E-state index in [1.165, 1.54) is 44.9 Å². The lowest BCUT2D eigenvalue weighted by Crippen LogP contribution is -2.54. The zero-order chi connectivity index (χ0) is 13.3. The molecule has 1 saturated carbocycles. The molecule has 2 heterocycles. The summed E-state index contributed by atoms with van der Waals surface area (Å²) in [5, 5.41) is 3.39. The van der Waals surface area contributed by atoms with Crippen LogP contribution in [0, 0.1) is 5.92 Å². The van der Waals surface area contributed by atoms with Gasteiger partial charge in [-0.3, -0.25) is 9.69 Å². The van der Waals surface area contributed by atoms with Crippen molar-refractivity contribution in [2.45, 2.75) is 69.5 Å². The zero-order valence-corrected chi connectivity index (χ0v) is 11.9. The van der Waals surface area contributed by atoms with Crippen molar-refractivity contribution in [3.8, 4) is 0 Å². The normalized spacial score (nSPS) is 37.8. The van der Waals surface area contributed by atoms with Crippen LogP contribution in [0.2, 0.25) is 0 Å². The summed E-state index contributed by atoms with van der Waals surface area (Å²) in [7, 11) is 0. The van der Waals surface area contributed by atoms with Crippen molar-refractivity contribution in [1.29, 1.82) is 0 Å². The van der Waals surface area contributed by atoms with Crippen LogP contribution >= 0.6 is 0 Å². The van der Waals surface area contributed by atoms with Crippen LogP contribution in [0.4, 0.5) is 0 Å². The molecule has 0 aromatic rings. The maximum absolute atomic E-state index is 12.2. The monoisotopic (exact) mass is 262 g/mol. The number of hydrogen-bond acceptors (Lipinski definition) is 2. The van der Waals surface area contributed by atoms with Gasteiger partial charge >= 0.3 is 0 Å². The van der Waals surface area contributed by atoms with Gasteiger partial charge in [0.15, 0.2) is 0 Å². The van der Waals surface area contributed by atoms with Crippen molar-refractivity contribution in [3.05, 3.63) is 12.7 Å². The van der Waals surface area contributed by atoms with Crippen molar-refractivity contribution in [1.82, 2.24) is 10.2 Å². The van der Waals surface area contributed by atoms with Gasteiger partial charge in [0.1, 0.15) is 0 Å². The molecule has 0 bridgehead atoms. The summed E-state index contributed by atoms with van der Waals surface area (Å²) in [6.45, 7) is 4.91. The molecule has 2 saturated heterocycles. The molecule has 3 heteroatoms. The summed E-state index contributed by atoms with van der Waals surface area (Å²) in [5.41, 5.74) is 0.0342. The fourth-order valence-corrected chi connectivity index (χ4v) is 4.55. The van der Waals surface area contributed by atoms with E-state index in [0.717, 1.165) is 19.4 Å². The molecule has 19 heavy (non-hydrogen) atoms. The third kappa shape index (κ3) is 2.12. The number of carbonyl (C=O) groups is 1. The van der Waals surface area contributed by atoms with Gasteiger partial charge in [0.25, 0.3) is 0 Å². The van der Waals surface area contributed by atoms with E-state index in [1.54, 1.807) is 0 Å². The smallest absolute Gasteiger partial charge is 0.238 e. The summed E-state index contributed by atoms with van der Waals surface area (Å²) in [6, 6.07) is 0.189. The maximum atomic E-state index is 12.2. The summed E-state index contributed by atoms with van der Waals surface area (Å²) in [4.78, 5) is 14.7. The highest BCUT2D eigenvalue weighted by Gasteiger charge is 2.57. The fraction of sp³-hybridized carbons (Fsp3) is 0.812. The Morgan fingerprint density at radius 2 is 2.26 bits per heavy atom. The zero-order valence-electron chi connectivity index (χ0n) is 11.9. The van der Waals surface area contributed by atoms with E-state index in [1.807, 2.05) is 6.08 Å². The Morgan fingerprint density at radius 1 is 1.37 bits per heavy atom. The lowest BCUT2D eigenvalue weighted by molar-refractivity contribution is -0.121. The second kappa shape index (κ2) is 5.28. The molecule has 1 spiro atoms. The molecule has 2 unspecified atom stereocenters. The third-order valence-electron chi connectivity index (χ3n) is 5.40. The maximum Gasteiger partial charge on any atom is 0.238 e. The van der Waals surface area contributed by atoms with Crippen LogP contribution in [0.5, 0.6) is 0 Å². The molecule has 3 aliphatic rings. The van der Waals surface area contributed by atoms with Crippen molar-refractivity contribution in [2.24, 2.45) is 5.92 Å². The number of unbranched alkanes of at least 4 members (excludes halogenated alkanes) is 2. The molecular formula is C16H26N2O. The minimum Gasteiger partial charge on any atom is -0.336 e. The number of fused-ring (bicyclic) bond motifs is 2. The second-order valence-electron chi connectivity index (χ2n) is 6.43. The van der Waals surface area contributed by atoms with Gasteiger partial charge in [-0.1, -0.05) is 12.5 Å². The van der Waals surface area contributed by atoms with Crippen molar-refractivity contribution in [3.63, 3.8) is 0 Å². The van der Waals surface area contributed by atoms with Crippen molar-refractivity contribution < 1.29 is 4.79 Å². The molecular weight excluding hydrogens is 236 g/mol. The molecule has 1 N–H and O–H groups in total. The van der Waals surface area contributed by atoms with Crippen molar-refractivity contribution in [2.75, 3.05) is 6.54 Å². The molecule has 2 aliphatic heterocycles. The van der Waals surface area contributed by atoms with Gasteiger partial charge in [-0.15, -0.1) is 6.58 Å². The van der Waals surface area contributed by atoms with E-state index in [4.69, 9.17) is 0 Å². The number of rotatable bonds is 5. The fourth-order valence-electron chi connectivity index (χ4n) is 4.55. The summed E-state index contributed by atoms with van der Waals surface area (Å²) < 4.78 is 0. The molecule has 3 atom stereocenters. The quantitative estimate of drug-likeness (QED) is 0.610. The van der Waals surface area contributed by atoms with E-state index < -0.39 is 0 Å². The SMILES string of the molecule is C=CCCCCC1CCCC12NC(=O)[C@@H]1CCCN12. The number of allylic oxidation sites excluding steroid dienone is 1. The Hall–Kier alpha value is -0.830. The van der Waals surface area contributed by atoms with Gasteiger partial charge < -0.3 is 5.32 Å². The standard InChI is InChI=1S/C16H26N2O/c1-2-3-4-5-8-13-9-6-11-16(13)17-15(19)14-10-7-12-18(14)16/h2,13-14H,1,3-12H2,(H,17,19)/t13?,14-,16?/m0/s1. The van der Waals surface area contributed by atoms with Crippen LogP contribution in [-0.2, 0) is 4.79 Å². The molecule has 0 aromatic heterocycles. The van der Waals surface area contributed by atoms with Crippen LogP contribution in [0.15, 0.2) is 12.7 Å². The first kappa shape index (κ1) is 13.2. The number of amides is 1. The van der Waals surface area contributed by atoms with Crippen LogP contribution in [0.1, 0.15) is 57.8 Å². The highest BCUT2D eigenvalue weighted by atomic mass is 16.2. The van der Waals surface area contributed by atoms with Crippen LogP contribution in [-0.4, -0.2) is 29.1 Å². The molecule has 1 amide bonds. The van der Waals surface area contributed by atoms with Gasteiger partial charge in [0.2, 0.25) is 5.91 Å². The molecule has 3 nitrogen and oxygen atoms in total. The predicted molar refractivity (Wildman–Crippen MR) is 76.6 cm³/mol. The lowest BCUT2D eigenvalue weighted by Gasteiger charge is -2.39. The van der Waals surface area contributed by atoms with Gasteiger partial charge in [0, 0.05) is 6.54 Å². The average Bonchev–Trinajstić information content (AvgIpc) is 3.06. The van der Waals surface area contributed by atoms with E-state index in [2.05, 4.69) is 16.8 Å². The molecule has 3 fully saturated rings. The van der Waals surface area contributed by atoms with Gasteiger partial charge in [0.05, 0.1) is 11.7 Å². The topological polar surface area (TPSA) is 32.3 Å². The third-order valence-corrected chi connectivity index (χ3v) is 5.40. The largest absolute Gasteiger partial charge is 0.336 e. The van der Waals surface area contributed by atoms with E-state index in [-0.39, 0.29) is 11.7 Å². The molecule has 0 aromatic carbocycles. The number of carbonyl (C=O) groups excluding carboxylic acids is 1. The first-order chi connectivity index (χ1) is 9.28. The molecule has 1 aliphatic carbocycles. The Bertz CT molecular complexity index is 368. The summed E-state index contributed by atoms with van der Waals surface area (Å²) in [5.74, 6) is 0.972. The first-order valence-electron chi connectivity index (χ1n) is 7.97.